The molecule has 0 spiro atoms. The van der Waals surface area contributed by atoms with E-state index in [0.29, 0.717) is 5.56 Å². The quantitative estimate of drug-likeness (QED) is 0.506. The van der Waals surface area contributed by atoms with Gasteiger partial charge in [-0.3, -0.25) is 19.1 Å². The van der Waals surface area contributed by atoms with Crippen LogP contribution in [0.25, 0.3) is 11.3 Å². The van der Waals surface area contributed by atoms with Crippen molar-refractivity contribution in [3.63, 3.8) is 0 Å². The van der Waals surface area contributed by atoms with Crippen LogP contribution in [-0.4, -0.2) is 68.2 Å². The zero-order valence-electron chi connectivity index (χ0n) is 23.9. The summed E-state index contributed by atoms with van der Waals surface area (Å²) in [5.41, 5.74) is -1.07. The number of carbonyl (C=O) groups excluding carboxylic acids is 2. The van der Waals surface area contributed by atoms with Gasteiger partial charge in [-0.1, -0.05) is 26.0 Å². The van der Waals surface area contributed by atoms with E-state index in [2.05, 4.69) is 10.4 Å². The standard InChI is InChI=1S/C28H37F3N6O3/c1-18(2)26(40)36(7)22(13-19-9-8-12-34(5)15-19)25(39)32-27(3,4)17-37-21(14-23(33-37)28(29,30)31)20-10-11-24(38)35(6)16-20/h8-11,14-16,18,22H,12-13,17H2,1-7H3,(H,32,39). The fourth-order valence-corrected chi connectivity index (χ4v) is 4.54. The molecule has 12 heteroatoms. The van der Waals surface area contributed by atoms with E-state index in [4.69, 9.17) is 0 Å². The van der Waals surface area contributed by atoms with Crippen molar-refractivity contribution in [3.8, 4) is 11.3 Å². The number of pyridine rings is 1. The number of nitrogens with one attached hydrogen (secondary N) is 1. The van der Waals surface area contributed by atoms with Crippen LogP contribution in [0.4, 0.5) is 13.2 Å². The first kappa shape index (κ1) is 30.7. The summed E-state index contributed by atoms with van der Waals surface area (Å²) in [5.74, 6) is -0.970. The maximum Gasteiger partial charge on any atom is 0.435 e. The summed E-state index contributed by atoms with van der Waals surface area (Å²) in [4.78, 5) is 41.7. The first-order valence-electron chi connectivity index (χ1n) is 13.0. The fourth-order valence-electron chi connectivity index (χ4n) is 4.54. The molecule has 0 radical (unpaired) electrons. The number of rotatable bonds is 9. The third-order valence-corrected chi connectivity index (χ3v) is 6.61. The second-order valence-electron chi connectivity index (χ2n) is 11.2. The average Bonchev–Trinajstić information content (AvgIpc) is 3.26. The summed E-state index contributed by atoms with van der Waals surface area (Å²) in [6, 6.07) is 2.79. The predicted molar refractivity (Wildman–Crippen MR) is 146 cm³/mol. The number of halogens is 3. The Morgan fingerprint density at radius 1 is 1.18 bits per heavy atom. The molecule has 0 aliphatic carbocycles. The lowest BCUT2D eigenvalue weighted by atomic mass is 9.99. The lowest BCUT2D eigenvalue weighted by molar-refractivity contribution is -0.142. The van der Waals surface area contributed by atoms with E-state index in [1.807, 2.05) is 30.3 Å². The molecule has 0 bridgehead atoms. The monoisotopic (exact) mass is 562 g/mol. The number of hydrogen-bond donors (Lipinski definition) is 1. The molecule has 0 aromatic carbocycles. The predicted octanol–water partition coefficient (Wildman–Crippen LogP) is 3.42. The molecular formula is C28H37F3N6O3. The zero-order chi connectivity index (χ0) is 30.0. The molecule has 1 atom stereocenters. The van der Waals surface area contributed by atoms with Crippen molar-refractivity contribution in [2.75, 3.05) is 20.6 Å². The lowest BCUT2D eigenvalue weighted by Gasteiger charge is -2.34. The van der Waals surface area contributed by atoms with Gasteiger partial charge >= 0.3 is 6.18 Å². The van der Waals surface area contributed by atoms with Crippen molar-refractivity contribution in [1.82, 2.24) is 29.5 Å². The largest absolute Gasteiger partial charge is 0.435 e. The normalized spacial score (nSPS) is 14.8. The molecule has 3 heterocycles. The molecule has 0 fully saturated rings. The first-order valence-corrected chi connectivity index (χ1v) is 13.0. The van der Waals surface area contributed by atoms with Crippen LogP contribution in [0.5, 0.6) is 0 Å². The smallest absolute Gasteiger partial charge is 0.376 e. The van der Waals surface area contributed by atoms with Gasteiger partial charge in [-0.15, -0.1) is 0 Å². The van der Waals surface area contributed by atoms with Gasteiger partial charge in [0.15, 0.2) is 5.69 Å². The molecule has 1 aliphatic heterocycles. The minimum absolute atomic E-state index is 0.104. The highest BCUT2D eigenvalue weighted by atomic mass is 19.4. The Morgan fingerprint density at radius 3 is 2.42 bits per heavy atom. The van der Waals surface area contributed by atoms with Gasteiger partial charge in [0.2, 0.25) is 17.4 Å². The number of carbonyl (C=O) groups is 2. The van der Waals surface area contributed by atoms with Gasteiger partial charge in [0, 0.05) is 64.1 Å². The molecule has 3 rings (SSSR count). The zero-order valence-corrected chi connectivity index (χ0v) is 23.9. The van der Waals surface area contributed by atoms with Crippen LogP contribution in [0.1, 0.15) is 39.8 Å². The Bertz CT molecular complexity index is 1370. The van der Waals surface area contributed by atoms with E-state index in [-0.39, 0.29) is 36.0 Å². The van der Waals surface area contributed by atoms with E-state index in [1.165, 1.54) is 39.5 Å². The number of aromatic nitrogens is 3. The minimum atomic E-state index is -4.69. The van der Waals surface area contributed by atoms with Crippen LogP contribution >= 0.6 is 0 Å². The van der Waals surface area contributed by atoms with Crippen molar-refractivity contribution in [1.29, 1.82) is 0 Å². The number of amides is 2. The summed E-state index contributed by atoms with van der Waals surface area (Å²) in [6.45, 7) is 7.49. The van der Waals surface area contributed by atoms with Crippen LogP contribution in [0, 0.1) is 5.92 Å². The minimum Gasteiger partial charge on any atom is -0.376 e. The molecule has 1 N–H and O–H groups in total. The highest BCUT2D eigenvalue weighted by molar-refractivity contribution is 5.89. The molecule has 0 saturated carbocycles. The number of likely N-dealkylation sites (N-methyl/N-ethyl adjacent to an activating group) is 2. The molecule has 9 nitrogen and oxygen atoms in total. The molecule has 2 aromatic rings. The average molecular weight is 563 g/mol. The van der Waals surface area contributed by atoms with Crippen molar-refractivity contribution in [2.45, 2.75) is 58.4 Å². The molecule has 1 aliphatic rings. The Hall–Kier alpha value is -3.83. The summed E-state index contributed by atoms with van der Waals surface area (Å²) < 4.78 is 43.3. The van der Waals surface area contributed by atoms with Gasteiger partial charge in [-0.05, 0) is 31.6 Å². The lowest BCUT2D eigenvalue weighted by Crippen LogP contribution is -2.55. The van der Waals surface area contributed by atoms with Crippen LogP contribution in [0.15, 0.2) is 53.1 Å². The van der Waals surface area contributed by atoms with Gasteiger partial charge in [0.25, 0.3) is 0 Å². The van der Waals surface area contributed by atoms with Gasteiger partial charge < -0.3 is 19.7 Å². The first-order chi connectivity index (χ1) is 18.5. The van der Waals surface area contributed by atoms with Crippen molar-refractivity contribution in [3.05, 3.63) is 64.4 Å². The molecule has 218 valence electrons. The number of hydrogen-bond acceptors (Lipinski definition) is 5. The summed E-state index contributed by atoms with van der Waals surface area (Å²) in [7, 11) is 4.99. The SMILES string of the molecule is CC(C)C(=O)N(C)C(CC1=CN(C)CC=C1)C(=O)NC(C)(C)Cn1nc(C(F)(F)F)cc1-c1ccc(=O)n(C)c1. The summed E-state index contributed by atoms with van der Waals surface area (Å²) >= 11 is 0. The summed E-state index contributed by atoms with van der Waals surface area (Å²) in [5, 5.41) is 6.73. The van der Waals surface area contributed by atoms with E-state index in [9.17, 15) is 27.6 Å². The van der Waals surface area contributed by atoms with E-state index >= 15 is 0 Å². The molecule has 0 saturated heterocycles. The van der Waals surface area contributed by atoms with Gasteiger partial charge in [0.1, 0.15) is 6.04 Å². The Balaban J connectivity index is 1.92. The van der Waals surface area contributed by atoms with E-state index in [0.717, 1.165) is 18.2 Å². The topological polar surface area (TPSA) is 92.5 Å². The van der Waals surface area contributed by atoms with Gasteiger partial charge in [0.05, 0.1) is 17.8 Å². The summed E-state index contributed by atoms with van der Waals surface area (Å²) in [6.07, 6.45) is 2.82. The number of aryl methyl sites for hydroxylation is 1. The Morgan fingerprint density at radius 2 is 1.85 bits per heavy atom. The number of alkyl halides is 3. The Labute approximate surface area is 231 Å². The van der Waals surface area contributed by atoms with Crippen LogP contribution in [0.2, 0.25) is 0 Å². The number of allylic oxidation sites excluding steroid dienone is 1. The van der Waals surface area contributed by atoms with E-state index in [1.54, 1.807) is 34.7 Å². The van der Waals surface area contributed by atoms with Gasteiger partial charge in [-0.25, -0.2) is 0 Å². The molecule has 1 unspecified atom stereocenters. The van der Waals surface area contributed by atoms with Crippen LogP contribution in [0.3, 0.4) is 0 Å². The maximum absolute atomic E-state index is 13.7. The van der Waals surface area contributed by atoms with Crippen LogP contribution in [-0.2, 0) is 29.4 Å². The Kier molecular flexibility index (Phi) is 9.00. The fraction of sp³-hybridized carbons (Fsp3) is 0.500. The highest BCUT2D eigenvalue weighted by Gasteiger charge is 2.37. The molecule has 2 amide bonds. The third kappa shape index (κ3) is 7.42. The van der Waals surface area contributed by atoms with Crippen molar-refractivity contribution < 1.29 is 22.8 Å². The second-order valence-corrected chi connectivity index (χ2v) is 11.2. The maximum atomic E-state index is 13.7. The molecule has 40 heavy (non-hydrogen) atoms. The third-order valence-electron chi connectivity index (χ3n) is 6.61. The van der Waals surface area contributed by atoms with Gasteiger partial charge in [-0.2, -0.15) is 18.3 Å². The second kappa shape index (κ2) is 11.7. The van der Waals surface area contributed by atoms with E-state index < -0.39 is 29.4 Å². The number of nitrogens with zero attached hydrogens (tertiary/aromatic N) is 5. The molecular weight excluding hydrogens is 525 g/mol. The van der Waals surface area contributed by atoms with Crippen molar-refractivity contribution in [2.24, 2.45) is 13.0 Å². The van der Waals surface area contributed by atoms with Crippen LogP contribution < -0.4 is 10.9 Å². The van der Waals surface area contributed by atoms with Crippen molar-refractivity contribution >= 4 is 11.8 Å². The highest BCUT2D eigenvalue weighted by Crippen LogP contribution is 2.32. The molecule has 2 aromatic heterocycles.